The summed E-state index contributed by atoms with van der Waals surface area (Å²) < 4.78 is 21.9. The predicted molar refractivity (Wildman–Crippen MR) is 58.6 cm³/mol. The topological polar surface area (TPSA) is 52.6 Å². The maximum absolute atomic E-state index is 11.8. The first-order chi connectivity index (χ1) is 6.54. The van der Waals surface area contributed by atoms with Crippen molar-refractivity contribution in [2.45, 2.75) is 27.2 Å². The number of rotatable bonds is 8. The predicted octanol–water partition coefficient (Wildman–Crippen LogP) is 2.88. The fourth-order valence-electron chi connectivity index (χ4n) is 0.729. The Hall–Kier alpha value is 0.170. The Labute approximate surface area is 89.0 Å². The van der Waals surface area contributed by atoms with E-state index in [0.29, 0.717) is 25.4 Å². The lowest BCUT2D eigenvalue weighted by atomic mass is 10.4. The molecular formula is C8H17O4PS. The molecule has 0 N–H and O–H groups in total. The maximum atomic E-state index is 11.8. The summed E-state index contributed by atoms with van der Waals surface area (Å²) in [5.41, 5.74) is 0. The second-order valence-corrected chi connectivity index (χ2v) is 6.76. The van der Waals surface area contributed by atoms with Crippen LogP contribution in [0.3, 0.4) is 0 Å². The van der Waals surface area contributed by atoms with E-state index in [2.05, 4.69) is 0 Å². The van der Waals surface area contributed by atoms with Crippen molar-refractivity contribution in [2.24, 2.45) is 0 Å². The van der Waals surface area contributed by atoms with E-state index in [1.165, 1.54) is 6.92 Å². The van der Waals surface area contributed by atoms with Crippen LogP contribution in [0.15, 0.2) is 0 Å². The smallest absolute Gasteiger partial charge is 0.301 e. The van der Waals surface area contributed by atoms with E-state index < -0.39 is 6.80 Å². The third-order valence-electron chi connectivity index (χ3n) is 1.28. The lowest BCUT2D eigenvalue weighted by Crippen LogP contribution is -1.96. The summed E-state index contributed by atoms with van der Waals surface area (Å²) in [6.07, 6.45) is 0.398. The zero-order chi connectivity index (χ0) is 11.0. The van der Waals surface area contributed by atoms with Gasteiger partial charge in [0.05, 0.1) is 13.2 Å². The van der Waals surface area contributed by atoms with Gasteiger partial charge in [-0.05, 0) is 32.2 Å². The molecule has 6 heteroatoms. The molecule has 0 aliphatic heterocycles. The molecule has 0 amide bonds. The summed E-state index contributed by atoms with van der Waals surface area (Å²) in [4.78, 5) is 10.7. The largest absolute Gasteiger partial charge is 0.389 e. The number of hydrogen-bond donors (Lipinski definition) is 0. The van der Waals surface area contributed by atoms with Crippen molar-refractivity contribution in [3.63, 3.8) is 0 Å². The molecule has 0 aromatic rings. The summed E-state index contributed by atoms with van der Waals surface area (Å²) in [7, 11) is 0. The van der Waals surface area contributed by atoms with Gasteiger partial charge in [-0.15, -0.1) is 0 Å². The number of Topliss-reactive ketones (excluding diaryl/α,β-unsaturated/α-hetero) is 1. The first kappa shape index (κ1) is 14.2. The molecule has 0 rings (SSSR count). The van der Waals surface area contributed by atoms with E-state index in [-0.39, 0.29) is 5.78 Å². The van der Waals surface area contributed by atoms with E-state index >= 15 is 0 Å². The number of carbonyl (C=O) groups excluding carboxylic acids is 1. The molecule has 0 saturated heterocycles. The van der Waals surface area contributed by atoms with Crippen molar-refractivity contribution in [1.82, 2.24) is 0 Å². The SMILES string of the molecule is CCOP(=O)(OCC)SCCC(C)=O. The van der Waals surface area contributed by atoms with Crippen molar-refractivity contribution >= 4 is 24.0 Å². The molecule has 0 bridgehead atoms. The van der Waals surface area contributed by atoms with Crippen LogP contribution in [0.1, 0.15) is 27.2 Å². The Balaban J connectivity index is 3.96. The van der Waals surface area contributed by atoms with E-state index in [1.54, 1.807) is 13.8 Å². The second-order valence-electron chi connectivity index (χ2n) is 2.57. The van der Waals surface area contributed by atoms with E-state index in [9.17, 15) is 9.36 Å². The van der Waals surface area contributed by atoms with Crippen LogP contribution in [0, 0.1) is 0 Å². The fraction of sp³-hybridized carbons (Fsp3) is 0.875. The second kappa shape index (κ2) is 7.46. The van der Waals surface area contributed by atoms with Gasteiger partial charge < -0.3 is 9.05 Å². The molecule has 0 atom stereocenters. The van der Waals surface area contributed by atoms with E-state index in [1.807, 2.05) is 0 Å². The molecule has 4 nitrogen and oxygen atoms in total. The molecule has 0 aromatic heterocycles. The summed E-state index contributed by atoms with van der Waals surface area (Å²) in [5, 5.41) is 0. The lowest BCUT2D eigenvalue weighted by Gasteiger charge is -2.15. The maximum Gasteiger partial charge on any atom is 0.389 e. The number of ketones is 1. The van der Waals surface area contributed by atoms with Crippen LogP contribution in [-0.4, -0.2) is 24.7 Å². The normalized spacial score (nSPS) is 11.6. The van der Waals surface area contributed by atoms with Crippen molar-refractivity contribution in [3.8, 4) is 0 Å². The molecule has 0 heterocycles. The summed E-state index contributed by atoms with van der Waals surface area (Å²) in [5.74, 6) is 0.559. The van der Waals surface area contributed by atoms with Crippen LogP contribution in [0.2, 0.25) is 0 Å². The zero-order valence-corrected chi connectivity index (χ0v) is 10.5. The minimum Gasteiger partial charge on any atom is -0.301 e. The first-order valence-corrected chi connectivity index (χ1v) is 7.70. The van der Waals surface area contributed by atoms with Crippen molar-refractivity contribution in [2.75, 3.05) is 19.0 Å². The third-order valence-corrected chi connectivity index (χ3v) is 5.26. The highest BCUT2D eigenvalue weighted by Gasteiger charge is 2.23. The fourth-order valence-corrected chi connectivity index (χ4v) is 4.21. The Morgan fingerprint density at radius 2 is 1.79 bits per heavy atom. The van der Waals surface area contributed by atoms with Gasteiger partial charge in [-0.2, -0.15) is 0 Å². The van der Waals surface area contributed by atoms with Gasteiger partial charge in [-0.1, -0.05) is 0 Å². The molecule has 0 aromatic carbocycles. The van der Waals surface area contributed by atoms with Crippen LogP contribution < -0.4 is 0 Å². The Morgan fingerprint density at radius 3 is 2.14 bits per heavy atom. The average molecular weight is 240 g/mol. The average Bonchev–Trinajstić information content (AvgIpc) is 2.03. The number of carbonyl (C=O) groups is 1. The minimum absolute atomic E-state index is 0.0806. The highest BCUT2D eigenvalue weighted by Crippen LogP contribution is 2.60. The lowest BCUT2D eigenvalue weighted by molar-refractivity contribution is -0.116. The van der Waals surface area contributed by atoms with Crippen LogP contribution >= 0.6 is 18.2 Å². The van der Waals surface area contributed by atoms with E-state index in [0.717, 1.165) is 11.4 Å². The summed E-state index contributed by atoms with van der Waals surface area (Å²) in [6, 6.07) is 0. The molecule has 14 heavy (non-hydrogen) atoms. The quantitative estimate of drug-likeness (QED) is 0.610. The molecule has 0 aliphatic rings. The Morgan fingerprint density at radius 1 is 1.29 bits per heavy atom. The molecule has 0 aliphatic carbocycles. The monoisotopic (exact) mass is 240 g/mol. The van der Waals surface area contributed by atoms with Crippen LogP contribution in [0.25, 0.3) is 0 Å². The molecule has 84 valence electrons. The van der Waals surface area contributed by atoms with Crippen molar-refractivity contribution in [3.05, 3.63) is 0 Å². The molecular weight excluding hydrogens is 223 g/mol. The molecule has 0 unspecified atom stereocenters. The van der Waals surface area contributed by atoms with Gasteiger partial charge in [0, 0.05) is 12.2 Å². The van der Waals surface area contributed by atoms with E-state index in [4.69, 9.17) is 9.05 Å². The van der Waals surface area contributed by atoms with Crippen LogP contribution in [0.4, 0.5) is 0 Å². The number of hydrogen-bond acceptors (Lipinski definition) is 5. The standard InChI is InChI=1S/C8H17O4PS/c1-4-11-13(10,12-5-2)14-7-6-8(3)9/h4-7H2,1-3H3. The molecule has 0 fully saturated rings. The summed E-state index contributed by atoms with van der Waals surface area (Å²) >= 11 is 1.09. The molecule has 0 radical (unpaired) electrons. The van der Waals surface area contributed by atoms with Gasteiger partial charge in [0.1, 0.15) is 5.78 Å². The Kier molecular flexibility index (Phi) is 7.55. The molecule has 0 saturated carbocycles. The van der Waals surface area contributed by atoms with Gasteiger partial charge >= 0.3 is 6.80 Å². The molecule has 0 spiro atoms. The van der Waals surface area contributed by atoms with Gasteiger partial charge in [-0.3, -0.25) is 4.79 Å². The minimum atomic E-state index is -3.01. The first-order valence-electron chi connectivity index (χ1n) is 4.57. The van der Waals surface area contributed by atoms with Gasteiger partial charge in [-0.25, -0.2) is 4.57 Å². The zero-order valence-electron chi connectivity index (χ0n) is 8.82. The summed E-state index contributed by atoms with van der Waals surface area (Å²) in [6.45, 7) is 2.72. The van der Waals surface area contributed by atoms with Crippen molar-refractivity contribution in [1.29, 1.82) is 0 Å². The highest BCUT2D eigenvalue weighted by atomic mass is 32.7. The third kappa shape index (κ3) is 6.60. The Bertz CT molecular complexity index is 209. The van der Waals surface area contributed by atoms with Gasteiger partial charge in [0.2, 0.25) is 0 Å². The van der Waals surface area contributed by atoms with Gasteiger partial charge in [0.15, 0.2) is 0 Å². The van der Waals surface area contributed by atoms with Crippen LogP contribution in [-0.2, 0) is 18.4 Å². The van der Waals surface area contributed by atoms with Crippen LogP contribution in [0.5, 0.6) is 0 Å². The van der Waals surface area contributed by atoms with Crippen molar-refractivity contribution < 1.29 is 18.4 Å². The van der Waals surface area contributed by atoms with Gasteiger partial charge in [0.25, 0.3) is 0 Å². The highest BCUT2D eigenvalue weighted by molar-refractivity contribution is 8.55.